The summed E-state index contributed by atoms with van der Waals surface area (Å²) in [6, 6.07) is 7.94. The number of hydrogen-bond donors (Lipinski definition) is 2. The van der Waals surface area contributed by atoms with E-state index in [1.807, 2.05) is 36.2 Å². The molecule has 1 aliphatic carbocycles. The van der Waals surface area contributed by atoms with E-state index in [4.69, 9.17) is 16.5 Å². The average molecular weight is 476 g/mol. The van der Waals surface area contributed by atoms with Crippen molar-refractivity contribution in [3.63, 3.8) is 0 Å². The summed E-state index contributed by atoms with van der Waals surface area (Å²) in [5, 5.41) is 0. The van der Waals surface area contributed by atoms with E-state index in [0.717, 1.165) is 43.6 Å². The molecule has 0 aromatic heterocycles. The second kappa shape index (κ2) is 12.2. The highest BCUT2D eigenvalue weighted by molar-refractivity contribution is 6.12. The number of nitrogens with two attached hydrogens (primary N) is 2. The van der Waals surface area contributed by atoms with Crippen molar-refractivity contribution >= 4 is 28.9 Å². The van der Waals surface area contributed by atoms with Gasteiger partial charge in [-0.25, -0.2) is 0 Å². The lowest BCUT2D eigenvalue weighted by Crippen LogP contribution is -2.35. The number of anilines is 2. The van der Waals surface area contributed by atoms with Gasteiger partial charge in [-0.15, -0.1) is 0 Å². The van der Waals surface area contributed by atoms with Crippen LogP contribution in [-0.2, 0) is 9.59 Å². The van der Waals surface area contributed by atoms with E-state index in [0.29, 0.717) is 30.7 Å². The van der Waals surface area contributed by atoms with Gasteiger partial charge in [0.25, 0.3) is 5.91 Å². The smallest absolute Gasteiger partial charge is 0.264 e. The molecule has 4 N–H and O–H groups in total. The van der Waals surface area contributed by atoms with E-state index in [1.54, 1.807) is 6.08 Å². The minimum Gasteiger partial charge on any atom is -0.394 e. The Labute approximate surface area is 208 Å². The molecule has 0 saturated carbocycles. The van der Waals surface area contributed by atoms with Gasteiger partial charge in [0.05, 0.1) is 11.8 Å². The predicted octanol–water partition coefficient (Wildman–Crippen LogP) is 4.02. The van der Waals surface area contributed by atoms with Gasteiger partial charge in [0.2, 0.25) is 5.91 Å². The van der Waals surface area contributed by atoms with Crippen LogP contribution < -0.4 is 21.3 Å². The van der Waals surface area contributed by atoms with Crippen LogP contribution in [0.15, 0.2) is 77.0 Å². The Balaban J connectivity index is 1.72. The first-order chi connectivity index (χ1) is 16.8. The molecule has 0 radical (unpaired) electrons. The van der Waals surface area contributed by atoms with Crippen LogP contribution in [0.2, 0.25) is 0 Å². The summed E-state index contributed by atoms with van der Waals surface area (Å²) in [6.07, 6.45) is 12.9. The molecule has 0 spiro atoms. The highest BCUT2D eigenvalue weighted by Gasteiger charge is 2.20. The minimum absolute atomic E-state index is 0.0144. The normalized spacial score (nSPS) is 19.2. The summed E-state index contributed by atoms with van der Waals surface area (Å²) in [5.41, 5.74) is 16.1. The van der Waals surface area contributed by atoms with Crippen molar-refractivity contribution < 1.29 is 9.59 Å². The molecule has 1 aromatic carbocycles. The van der Waals surface area contributed by atoms with Crippen molar-refractivity contribution in [3.05, 3.63) is 72.0 Å². The third-order valence-electron chi connectivity index (χ3n) is 6.58. The molecule has 1 aromatic rings. The number of hydrogen-bond acceptors (Lipinski definition) is 5. The number of primary amides is 1. The zero-order valence-corrected chi connectivity index (χ0v) is 20.9. The molecule has 1 saturated heterocycles. The van der Waals surface area contributed by atoms with Crippen molar-refractivity contribution in [1.29, 1.82) is 0 Å². The van der Waals surface area contributed by atoms with Crippen molar-refractivity contribution in [1.82, 2.24) is 0 Å². The van der Waals surface area contributed by atoms with Crippen LogP contribution in [0.25, 0.3) is 0 Å². The molecule has 1 unspecified atom stereocenters. The van der Waals surface area contributed by atoms with Gasteiger partial charge >= 0.3 is 0 Å². The van der Waals surface area contributed by atoms with Gasteiger partial charge < -0.3 is 21.3 Å². The van der Waals surface area contributed by atoms with E-state index in [1.165, 1.54) is 5.57 Å². The lowest BCUT2D eigenvalue weighted by molar-refractivity contribution is -0.119. The second-order valence-electron chi connectivity index (χ2n) is 8.96. The predicted molar refractivity (Wildman–Crippen MR) is 144 cm³/mol. The largest absolute Gasteiger partial charge is 0.394 e. The number of allylic oxidation sites excluding steroid dienone is 3. The standard InChI is InChI=1S/C28H37N5O2/c1-4-20-9-11-21(12-10-20)31-25(5-2)24(27(29)28(30)35)17-19-32(3)22-13-15-23(16-14-22)33-18-7-6-8-26(33)34/h5,9-11,13-16,21H,2,4,6-8,12,17-19,29H2,1,3H3,(H2,30,35)/b27-24-,31-25?. The van der Waals surface area contributed by atoms with Crippen molar-refractivity contribution in [2.24, 2.45) is 16.5 Å². The summed E-state index contributed by atoms with van der Waals surface area (Å²) < 4.78 is 0. The minimum atomic E-state index is -0.667. The summed E-state index contributed by atoms with van der Waals surface area (Å²) in [6.45, 7) is 7.40. The molecule has 7 heteroatoms. The number of carbonyl (C=O) groups excluding carboxylic acids is 2. The number of piperidine rings is 1. The maximum atomic E-state index is 12.2. The lowest BCUT2D eigenvalue weighted by Gasteiger charge is -2.27. The zero-order chi connectivity index (χ0) is 25.4. The maximum Gasteiger partial charge on any atom is 0.264 e. The van der Waals surface area contributed by atoms with E-state index in [-0.39, 0.29) is 17.6 Å². The Hall–Kier alpha value is -3.61. The SMILES string of the molecule is C=CC(=NC1C=CC(CC)=CC1)/C(CCN(C)c1ccc(N2CCCCC2=O)cc1)=C(\N)C(N)=O. The topological polar surface area (TPSA) is 105 Å². The number of nitrogens with zero attached hydrogens (tertiary/aromatic N) is 3. The molecule has 2 aliphatic rings. The Kier molecular flexibility index (Phi) is 9.06. The molecule has 1 fully saturated rings. The van der Waals surface area contributed by atoms with Gasteiger partial charge in [-0.1, -0.05) is 37.3 Å². The summed E-state index contributed by atoms with van der Waals surface area (Å²) in [5.74, 6) is -0.486. The van der Waals surface area contributed by atoms with Crippen LogP contribution in [0.4, 0.5) is 11.4 Å². The van der Waals surface area contributed by atoms with E-state index >= 15 is 0 Å². The zero-order valence-electron chi connectivity index (χ0n) is 20.9. The fourth-order valence-corrected chi connectivity index (χ4v) is 4.37. The summed E-state index contributed by atoms with van der Waals surface area (Å²) >= 11 is 0. The van der Waals surface area contributed by atoms with Gasteiger partial charge in [0.1, 0.15) is 5.70 Å². The molecule has 1 heterocycles. The van der Waals surface area contributed by atoms with Gasteiger partial charge in [-0.3, -0.25) is 14.6 Å². The second-order valence-corrected chi connectivity index (χ2v) is 8.96. The Bertz CT molecular complexity index is 1070. The Morgan fingerprint density at radius 1 is 1.26 bits per heavy atom. The van der Waals surface area contributed by atoms with Gasteiger partial charge in [0, 0.05) is 43.5 Å². The number of amides is 2. The van der Waals surface area contributed by atoms with Crippen molar-refractivity contribution in [2.75, 3.05) is 29.9 Å². The number of carbonyl (C=O) groups is 2. The highest BCUT2D eigenvalue weighted by atomic mass is 16.2. The van der Waals surface area contributed by atoms with Crippen LogP contribution in [-0.4, -0.2) is 43.7 Å². The molecule has 7 nitrogen and oxygen atoms in total. The lowest BCUT2D eigenvalue weighted by atomic mass is 9.99. The molecular weight excluding hydrogens is 438 g/mol. The van der Waals surface area contributed by atoms with Crippen molar-refractivity contribution in [3.8, 4) is 0 Å². The third-order valence-corrected chi connectivity index (χ3v) is 6.58. The Morgan fingerprint density at radius 3 is 2.57 bits per heavy atom. The van der Waals surface area contributed by atoms with Crippen LogP contribution in [0.5, 0.6) is 0 Å². The molecule has 1 aliphatic heterocycles. The quantitative estimate of drug-likeness (QED) is 0.394. The third kappa shape index (κ3) is 6.72. The first-order valence-electron chi connectivity index (χ1n) is 12.3. The molecule has 0 bridgehead atoms. The van der Waals surface area contributed by atoms with Gasteiger partial charge in [-0.2, -0.15) is 0 Å². The van der Waals surface area contributed by atoms with Crippen LogP contribution in [0.3, 0.4) is 0 Å². The van der Waals surface area contributed by atoms with Gasteiger partial charge in [0.15, 0.2) is 0 Å². The van der Waals surface area contributed by atoms with Crippen LogP contribution >= 0.6 is 0 Å². The first kappa shape index (κ1) is 26.0. The van der Waals surface area contributed by atoms with E-state index in [9.17, 15) is 9.59 Å². The fraction of sp³-hybridized carbons (Fsp3) is 0.393. The molecule has 186 valence electrons. The Morgan fingerprint density at radius 2 is 2.00 bits per heavy atom. The van der Waals surface area contributed by atoms with E-state index < -0.39 is 5.91 Å². The molecule has 1 atom stereocenters. The monoisotopic (exact) mass is 475 g/mol. The fourth-order valence-electron chi connectivity index (χ4n) is 4.37. The van der Waals surface area contributed by atoms with Gasteiger partial charge in [-0.05, 0) is 62.4 Å². The number of rotatable bonds is 10. The number of benzene rings is 1. The molecule has 35 heavy (non-hydrogen) atoms. The van der Waals surface area contributed by atoms with Crippen LogP contribution in [0, 0.1) is 0 Å². The molecule has 3 rings (SSSR count). The van der Waals surface area contributed by atoms with Crippen LogP contribution in [0.1, 0.15) is 45.4 Å². The maximum absolute atomic E-state index is 12.2. The van der Waals surface area contributed by atoms with E-state index in [2.05, 4.69) is 36.6 Å². The molecular formula is C28H37N5O2. The molecule has 2 amide bonds. The summed E-state index contributed by atoms with van der Waals surface area (Å²) in [4.78, 5) is 32.9. The first-order valence-corrected chi connectivity index (χ1v) is 12.3. The number of aliphatic imine (C=N–C) groups is 1. The van der Waals surface area contributed by atoms with Crippen molar-refractivity contribution in [2.45, 2.75) is 51.5 Å². The average Bonchev–Trinajstić information content (AvgIpc) is 2.88. The highest BCUT2D eigenvalue weighted by Crippen LogP contribution is 2.25. The summed E-state index contributed by atoms with van der Waals surface area (Å²) in [7, 11) is 1.98.